The first kappa shape index (κ1) is 22.2. The Morgan fingerprint density at radius 1 is 1.00 bits per heavy atom. The number of hydrogen-bond donors (Lipinski definition) is 2. The highest BCUT2D eigenvalue weighted by molar-refractivity contribution is 6.39. The third kappa shape index (κ3) is 5.08. The maximum atomic E-state index is 13.3. The molecule has 0 bridgehead atoms. The van der Waals surface area contributed by atoms with E-state index in [-0.39, 0.29) is 11.7 Å². The summed E-state index contributed by atoms with van der Waals surface area (Å²) >= 11 is 0. The number of carbonyl (C=O) groups excluding carboxylic acids is 2. The topological polar surface area (TPSA) is 67.9 Å². The number of likely N-dealkylation sites (N-methyl/N-ethyl adjacent to an activating group) is 2. The maximum absolute atomic E-state index is 13.3. The van der Waals surface area contributed by atoms with Crippen molar-refractivity contribution in [2.45, 2.75) is 12.5 Å². The Bertz CT molecular complexity index is 990. The van der Waals surface area contributed by atoms with Gasteiger partial charge in [0.2, 0.25) is 0 Å². The minimum atomic E-state index is -0.802. The van der Waals surface area contributed by atoms with E-state index in [0.717, 1.165) is 44.7 Å². The van der Waals surface area contributed by atoms with Gasteiger partial charge in [0, 0.05) is 57.7 Å². The first-order valence-corrected chi connectivity index (χ1v) is 11.0. The largest absolute Gasteiger partial charge is 0.374 e. The van der Waals surface area contributed by atoms with E-state index < -0.39 is 17.6 Å². The average molecular weight is 440 g/mol. The van der Waals surface area contributed by atoms with Crippen molar-refractivity contribution in [1.29, 1.82) is 0 Å². The molecule has 1 saturated heterocycles. The van der Waals surface area contributed by atoms with E-state index >= 15 is 0 Å². The summed E-state index contributed by atoms with van der Waals surface area (Å²) in [5.74, 6) is -2.00. The molecule has 0 radical (unpaired) electrons. The number of halogens is 1. The molecule has 1 unspecified atom stereocenters. The number of fused-ring (bicyclic) bond motifs is 1. The van der Waals surface area contributed by atoms with Gasteiger partial charge in [0.25, 0.3) is 0 Å². The van der Waals surface area contributed by atoms with Crippen LogP contribution in [0, 0.1) is 5.82 Å². The van der Waals surface area contributed by atoms with Gasteiger partial charge >= 0.3 is 11.8 Å². The highest BCUT2D eigenvalue weighted by atomic mass is 19.1. The maximum Gasteiger partial charge on any atom is 0.313 e. The van der Waals surface area contributed by atoms with E-state index in [9.17, 15) is 14.0 Å². The molecule has 0 aliphatic carbocycles. The smallest absolute Gasteiger partial charge is 0.313 e. The second-order valence-corrected chi connectivity index (χ2v) is 8.59. The van der Waals surface area contributed by atoms with Gasteiger partial charge in [-0.3, -0.25) is 14.5 Å². The molecule has 2 heterocycles. The number of rotatable bonds is 5. The molecule has 2 aromatic rings. The molecule has 1 fully saturated rings. The summed E-state index contributed by atoms with van der Waals surface area (Å²) in [5.41, 5.74) is 3.97. The van der Waals surface area contributed by atoms with Gasteiger partial charge in [0.1, 0.15) is 5.82 Å². The Kier molecular flexibility index (Phi) is 6.72. The molecule has 32 heavy (non-hydrogen) atoms. The zero-order valence-electron chi connectivity index (χ0n) is 18.6. The van der Waals surface area contributed by atoms with Gasteiger partial charge in [-0.1, -0.05) is 18.2 Å². The van der Waals surface area contributed by atoms with Crippen molar-refractivity contribution < 1.29 is 14.0 Å². The van der Waals surface area contributed by atoms with Gasteiger partial charge in [-0.2, -0.15) is 0 Å². The highest BCUT2D eigenvalue weighted by Gasteiger charge is 2.27. The number of hydrogen-bond acceptors (Lipinski definition) is 5. The Labute approximate surface area is 188 Å². The number of amides is 2. The molecule has 170 valence electrons. The number of nitrogens with zero attached hydrogens (tertiary/aromatic N) is 3. The zero-order valence-corrected chi connectivity index (χ0v) is 18.6. The summed E-state index contributed by atoms with van der Waals surface area (Å²) in [4.78, 5) is 31.7. The highest BCUT2D eigenvalue weighted by Crippen LogP contribution is 2.31. The van der Waals surface area contributed by atoms with Crippen LogP contribution in [-0.2, 0) is 16.0 Å². The molecule has 2 N–H and O–H groups in total. The number of piperazine rings is 1. The van der Waals surface area contributed by atoms with E-state index in [1.807, 2.05) is 0 Å². The molecule has 4 rings (SSSR count). The first-order chi connectivity index (χ1) is 15.4. The summed E-state index contributed by atoms with van der Waals surface area (Å²) < 4.78 is 13.3. The Morgan fingerprint density at radius 2 is 1.78 bits per heavy atom. The minimum absolute atomic E-state index is 0.0224. The molecule has 8 heteroatoms. The van der Waals surface area contributed by atoms with Crippen molar-refractivity contribution in [2.24, 2.45) is 0 Å². The lowest BCUT2D eigenvalue weighted by Crippen LogP contribution is -2.49. The van der Waals surface area contributed by atoms with Crippen LogP contribution in [0.15, 0.2) is 42.5 Å². The summed E-state index contributed by atoms with van der Waals surface area (Å²) in [6.07, 6.45) is 1.01. The van der Waals surface area contributed by atoms with Gasteiger partial charge < -0.3 is 20.4 Å². The third-order valence-corrected chi connectivity index (χ3v) is 6.34. The fraction of sp³-hybridized carbons (Fsp3) is 0.417. The van der Waals surface area contributed by atoms with Crippen LogP contribution in [0.4, 0.5) is 15.8 Å². The summed E-state index contributed by atoms with van der Waals surface area (Å²) in [6.45, 7) is 5.03. The zero-order chi connectivity index (χ0) is 22.7. The van der Waals surface area contributed by atoms with E-state index in [0.29, 0.717) is 6.54 Å². The monoisotopic (exact) mass is 439 g/mol. The van der Waals surface area contributed by atoms with E-state index in [4.69, 9.17) is 0 Å². The normalized spacial score (nSPS) is 17.7. The fourth-order valence-corrected chi connectivity index (χ4v) is 4.41. The van der Waals surface area contributed by atoms with Gasteiger partial charge in [0.05, 0.1) is 6.04 Å². The van der Waals surface area contributed by atoms with E-state index in [2.05, 4.69) is 57.6 Å². The second-order valence-electron chi connectivity index (χ2n) is 8.59. The predicted octanol–water partition coefficient (Wildman–Crippen LogP) is 1.86. The molecule has 7 nitrogen and oxygen atoms in total. The van der Waals surface area contributed by atoms with Crippen molar-refractivity contribution in [2.75, 3.05) is 63.6 Å². The van der Waals surface area contributed by atoms with Crippen LogP contribution in [0.5, 0.6) is 0 Å². The standard InChI is InChI=1S/C24H30FN5O2/c1-28-10-12-30(13-11-28)22(17-6-7-21-18(14-17)8-9-29(21)2)16-26-23(31)24(32)27-20-5-3-4-19(25)15-20/h3-7,14-15,22H,8-13,16H2,1-2H3,(H,26,31)(H,27,32). The molecule has 2 aromatic carbocycles. The van der Waals surface area contributed by atoms with Gasteiger partial charge in [-0.15, -0.1) is 0 Å². The number of benzene rings is 2. The minimum Gasteiger partial charge on any atom is -0.374 e. The number of nitrogens with one attached hydrogen (secondary N) is 2. The lowest BCUT2D eigenvalue weighted by Gasteiger charge is -2.38. The molecule has 2 aliphatic heterocycles. The van der Waals surface area contributed by atoms with Crippen LogP contribution in [0.25, 0.3) is 0 Å². The van der Waals surface area contributed by atoms with Crippen LogP contribution in [0.1, 0.15) is 17.2 Å². The van der Waals surface area contributed by atoms with Crippen LogP contribution in [0.2, 0.25) is 0 Å². The fourth-order valence-electron chi connectivity index (χ4n) is 4.41. The van der Waals surface area contributed by atoms with Gasteiger partial charge in [-0.25, -0.2) is 4.39 Å². The molecular weight excluding hydrogens is 409 g/mol. The number of anilines is 2. The van der Waals surface area contributed by atoms with Crippen LogP contribution < -0.4 is 15.5 Å². The Balaban J connectivity index is 1.46. The first-order valence-electron chi connectivity index (χ1n) is 11.0. The molecule has 1 atom stereocenters. The quantitative estimate of drug-likeness (QED) is 0.697. The van der Waals surface area contributed by atoms with Crippen LogP contribution in [-0.4, -0.2) is 75.0 Å². The van der Waals surface area contributed by atoms with E-state index in [1.165, 1.54) is 29.4 Å². The average Bonchev–Trinajstić information content (AvgIpc) is 3.15. The van der Waals surface area contributed by atoms with Crippen molar-refractivity contribution in [1.82, 2.24) is 15.1 Å². The molecule has 0 saturated carbocycles. The van der Waals surface area contributed by atoms with Crippen molar-refractivity contribution >= 4 is 23.2 Å². The van der Waals surface area contributed by atoms with Crippen molar-refractivity contribution in [3.05, 3.63) is 59.4 Å². The van der Waals surface area contributed by atoms with Crippen LogP contribution >= 0.6 is 0 Å². The second kappa shape index (κ2) is 9.67. The number of carbonyl (C=O) groups is 2. The Hall–Kier alpha value is -2.97. The third-order valence-electron chi connectivity index (χ3n) is 6.34. The summed E-state index contributed by atoms with van der Waals surface area (Å²) in [7, 11) is 4.21. The van der Waals surface area contributed by atoms with E-state index in [1.54, 1.807) is 6.07 Å². The lowest BCUT2D eigenvalue weighted by molar-refractivity contribution is -0.136. The van der Waals surface area contributed by atoms with Crippen molar-refractivity contribution in [3.63, 3.8) is 0 Å². The summed E-state index contributed by atoms with van der Waals surface area (Å²) in [5, 5.41) is 5.24. The predicted molar refractivity (Wildman–Crippen MR) is 123 cm³/mol. The summed E-state index contributed by atoms with van der Waals surface area (Å²) in [6, 6.07) is 12.0. The van der Waals surface area contributed by atoms with Crippen molar-refractivity contribution in [3.8, 4) is 0 Å². The molecule has 2 aliphatic rings. The van der Waals surface area contributed by atoms with Gasteiger partial charge in [-0.05, 0) is 48.9 Å². The molecule has 2 amide bonds. The molecule has 0 spiro atoms. The van der Waals surface area contributed by atoms with Crippen LogP contribution in [0.3, 0.4) is 0 Å². The lowest BCUT2D eigenvalue weighted by atomic mass is 10.00. The molecular formula is C24H30FN5O2. The molecule has 0 aromatic heterocycles. The Morgan fingerprint density at radius 3 is 2.53 bits per heavy atom. The van der Waals surface area contributed by atoms with Gasteiger partial charge in [0.15, 0.2) is 0 Å². The SMILES string of the molecule is CN1CCN(C(CNC(=O)C(=O)Nc2cccc(F)c2)c2ccc3c(c2)CCN3C)CC1.